The van der Waals surface area contributed by atoms with E-state index >= 15 is 0 Å². The molecule has 1 aromatic heterocycles. The van der Waals surface area contributed by atoms with Crippen LogP contribution in [0.25, 0.3) is 11.0 Å². The number of nitrogens with one attached hydrogen (secondary N) is 1. The maximum atomic E-state index is 12.8. The number of nitrogens with zero attached hydrogens (tertiary/aromatic N) is 2. The Hall–Kier alpha value is -4.01. The average molecular weight is 686 g/mol. The zero-order chi connectivity index (χ0) is 34.0. The van der Waals surface area contributed by atoms with E-state index < -0.39 is 5.91 Å². The Labute approximate surface area is 292 Å². The lowest BCUT2D eigenvalue weighted by Gasteiger charge is -2.30. The highest BCUT2D eigenvalue weighted by atomic mass is 35.5. The number of amides is 2. The standard InChI is InChI=1S/C32H37N3O4S.C7H7Cl/c1-34(40-2)25-14-15-29-27(19-25)28(36)20-30(39-29)32(38)33-17-16-22-10-12-23(13-11-22)26-8-4-3-7-24(26)21-35-18-6-5-9-31(35)37;1-6-2-4-7(8)5-3-6/h3-4,7-8,14-16,19-20,23H,5-6,9-13,17-18,21H2,1-2H3,(H,33,38);2-5H,1H3. The molecule has 2 heterocycles. The maximum Gasteiger partial charge on any atom is 0.287 e. The number of carbonyl (C=O) groups excluding carboxylic acids is 2. The summed E-state index contributed by atoms with van der Waals surface area (Å²) >= 11 is 7.16. The number of allylic oxidation sites excluding steroid dienone is 1. The molecule has 0 atom stereocenters. The van der Waals surface area contributed by atoms with E-state index in [9.17, 15) is 14.4 Å². The van der Waals surface area contributed by atoms with Crippen LogP contribution in [0.1, 0.15) is 78.1 Å². The van der Waals surface area contributed by atoms with Crippen LogP contribution in [0, 0.1) is 6.92 Å². The highest BCUT2D eigenvalue weighted by Crippen LogP contribution is 2.37. The van der Waals surface area contributed by atoms with Gasteiger partial charge in [-0.25, -0.2) is 0 Å². The predicted octanol–water partition coefficient (Wildman–Crippen LogP) is 8.68. The Morgan fingerprint density at radius 3 is 2.48 bits per heavy atom. The summed E-state index contributed by atoms with van der Waals surface area (Å²) in [7, 11) is 1.93. The SMILES string of the molecule is CSN(C)c1ccc2oc(C(=O)NCC=C3CCC(c4ccccc4CN4CCCCC4=O)CC3)cc(=O)c2c1.Cc1ccc(Cl)cc1. The number of hydrogen-bond donors (Lipinski definition) is 1. The molecule has 9 heteroatoms. The van der Waals surface area contributed by atoms with Gasteiger partial charge in [-0.15, -0.1) is 0 Å². The number of benzene rings is 3. The molecule has 2 amide bonds. The van der Waals surface area contributed by atoms with Gasteiger partial charge in [0.15, 0.2) is 11.2 Å². The number of likely N-dealkylation sites (tertiary alicyclic amines) is 1. The fraction of sp³-hybridized carbons (Fsp3) is 0.359. The summed E-state index contributed by atoms with van der Waals surface area (Å²) < 4.78 is 7.72. The molecule has 7 nitrogen and oxygen atoms in total. The molecule has 0 unspecified atom stereocenters. The minimum atomic E-state index is -0.393. The smallest absolute Gasteiger partial charge is 0.287 e. The van der Waals surface area contributed by atoms with E-state index in [0.717, 1.165) is 55.8 Å². The van der Waals surface area contributed by atoms with Crippen molar-refractivity contribution in [2.45, 2.75) is 64.3 Å². The maximum absolute atomic E-state index is 12.8. The predicted molar refractivity (Wildman–Crippen MR) is 198 cm³/mol. The van der Waals surface area contributed by atoms with Gasteiger partial charge < -0.3 is 18.9 Å². The molecule has 3 aromatic carbocycles. The molecule has 1 aliphatic heterocycles. The molecule has 252 valence electrons. The number of rotatable bonds is 8. The molecule has 1 saturated carbocycles. The zero-order valence-electron chi connectivity index (χ0n) is 28.0. The lowest BCUT2D eigenvalue weighted by Crippen LogP contribution is -2.35. The van der Waals surface area contributed by atoms with Crippen LogP contribution in [-0.4, -0.2) is 43.1 Å². The summed E-state index contributed by atoms with van der Waals surface area (Å²) in [6.45, 7) is 4.00. The van der Waals surface area contributed by atoms with Crippen molar-refractivity contribution in [3.63, 3.8) is 0 Å². The summed E-state index contributed by atoms with van der Waals surface area (Å²) in [4.78, 5) is 39.8. The van der Waals surface area contributed by atoms with Gasteiger partial charge in [0.1, 0.15) is 5.58 Å². The number of anilines is 1. The van der Waals surface area contributed by atoms with E-state index in [1.807, 2.05) is 59.8 Å². The van der Waals surface area contributed by atoms with E-state index in [0.29, 0.717) is 36.4 Å². The lowest BCUT2D eigenvalue weighted by atomic mass is 9.79. The van der Waals surface area contributed by atoms with Crippen LogP contribution in [0.15, 0.2) is 93.7 Å². The minimum absolute atomic E-state index is 0.0226. The highest BCUT2D eigenvalue weighted by Gasteiger charge is 2.24. The van der Waals surface area contributed by atoms with E-state index in [2.05, 4.69) is 35.7 Å². The monoisotopic (exact) mass is 685 g/mol. The Bertz CT molecular complexity index is 1790. The fourth-order valence-electron chi connectivity index (χ4n) is 6.28. The van der Waals surface area contributed by atoms with Crippen LogP contribution >= 0.6 is 23.5 Å². The van der Waals surface area contributed by atoms with Crippen molar-refractivity contribution < 1.29 is 14.0 Å². The van der Waals surface area contributed by atoms with Crippen LogP contribution in [0.4, 0.5) is 5.69 Å². The molecule has 48 heavy (non-hydrogen) atoms. The molecule has 1 N–H and O–H groups in total. The van der Waals surface area contributed by atoms with Crippen molar-refractivity contribution in [1.29, 1.82) is 0 Å². The Morgan fingerprint density at radius 1 is 1.02 bits per heavy atom. The van der Waals surface area contributed by atoms with Gasteiger partial charge in [-0.2, -0.15) is 0 Å². The second-order valence-electron chi connectivity index (χ2n) is 12.4. The topological polar surface area (TPSA) is 82.9 Å². The third kappa shape index (κ3) is 9.32. The number of aryl methyl sites for hydroxylation is 1. The van der Waals surface area contributed by atoms with Crippen LogP contribution in [0.2, 0.25) is 5.02 Å². The quantitative estimate of drug-likeness (QED) is 0.148. The molecule has 1 saturated heterocycles. The molecule has 2 aliphatic rings. The first-order valence-electron chi connectivity index (χ1n) is 16.6. The third-order valence-corrected chi connectivity index (χ3v) is 10.2. The largest absolute Gasteiger partial charge is 0.451 e. The van der Waals surface area contributed by atoms with Crippen molar-refractivity contribution in [3.8, 4) is 0 Å². The van der Waals surface area contributed by atoms with E-state index in [1.165, 1.54) is 28.3 Å². The molecule has 2 fully saturated rings. The molecule has 0 spiro atoms. The summed E-state index contributed by atoms with van der Waals surface area (Å²) in [6.07, 6.45) is 10.9. The van der Waals surface area contributed by atoms with Crippen LogP contribution in [0.3, 0.4) is 0 Å². The normalized spacial score (nSPS) is 16.2. The van der Waals surface area contributed by atoms with Gasteiger partial charge in [0.2, 0.25) is 5.91 Å². The number of fused-ring (bicyclic) bond motifs is 1. The van der Waals surface area contributed by atoms with E-state index in [4.69, 9.17) is 16.0 Å². The first-order chi connectivity index (χ1) is 23.2. The van der Waals surface area contributed by atoms with Gasteiger partial charge in [-0.1, -0.05) is 77.2 Å². The molecule has 1 aliphatic carbocycles. The Morgan fingerprint density at radius 2 is 1.77 bits per heavy atom. The zero-order valence-corrected chi connectivity index (χ0v) is 29.5. The van der Waals surface area contributed by atoms with Crippen molar-refractivity contribution >= 4 is 52.0 Å². The van der Waals surface area contributed by atoms with Gasteiger partial charge in [-0.3, -0.25) is 14.4 Å². The Balaban J connectivity index is 0.000000494. The summed E-state index contributed by atoms with van der Waals surface area (Å²) in [5.74, 6) is 0.379. The summed E-state index contributed by atoms with van der Waals surface area (Å²) in [6, 6.07) is 23.0. The number of carbonyl (C=O) groups is 2. The minimum Gasteiger partial charge on any atom is -0.451 e. The van der Waals surface area contributed by atoms with Gasteiger partial charge in [0, 0.05) is 56.1 Å². The van der Waals surface area contributed by atoms with Crippen LogP contribution in [0.5, 0.6) is 0 Å². The fourth-order valence-corrected chi connectivity index (χ4v) is 6.73. The van der Waals surface area contributed by atoms with Gasteiger partial charge in [0.05, 0.1) is 5.39 Å². The molecule has 0 radical (unpaired) electrons. The van der Waals surface area contributed by atoms with E-state index in [-0.39, 0.29) is 17.1 Å². The first kappa shape index (κ1) is 35.3. The summed E-state index contributed by atoms with van der Waals surface area (Å²) in [5.41, 5.74) is 6.28. The van der Waals surface area contributed by atoms with Crippen LogP contribution < -0.4 is 15.1 Å². The second-order valence-corrected chi connectivity index (χ2v) is 13.8. The average Bonchev–Trinajstić information content (AvgIpc) is 3.11. The first-order valence-corrected chi connectivity index (χ1v) is 18.2. The number of hydrogen-bond acceptors (Lipinski definition) is 6. The number of halogens is 1. The molecule has 0 bridgehead atoms. The second kappa shape index (κ2) is 16.9. The van der Waals surface area contributed by atoms with Gasteiger partial charge >= 0.3 is 0 Å². The summed E-state index contributed by atoms with van der Waals surface area (Å²) in [5, 5.41) is 4.14. The lowest BCUT2D eigenvalue weighted by molar-refractivity contribution is -0.133. The van der Waals surface area contributed by atoms with Crippen molar-refractivity contribution in [1.82, 2.24) is 10.2 Å². The Kier molecular flexibility index (Phi) is 12.4. The van der Waals surface area contributed by atoms with E-state index in [1.54, 1.807) is 24.1 Å². The highest BCUT2D eigenvalue weighted by molar-refractivity contribution is 7.99. The molecular weight excluding hydrogens is 642 g/mol. The number of piperidine rings is 1. The third-order valence-electron chi connectivity index (χ3n) is 9.14. The van der Waals surface area contributed by atoms with Gasteiger partial charge in [0.25, 0.3) is 5.91 Å². The molecule has 4 aromatic rings. The van der Waals surface area contributed by atoms with Gasteiger partial charge in [-0.05, 0) is 92.8 Å². The van der Waals surface area contributed by atoms with Crippen molar-refractivity contribution in [3.05, 3.63) is 122 Å². The van der Waals surface area contributed by atoms with Crippen molar-refractivity contribution in [2.75, 3.05) is 30.7 Å². The van der Waals surface area contributed by atoms with Crippen molar-refractivity contribution in [2.24, 2.45) is 0 Å². The molecular formula is C39H44ClN3O4S. The molecule has 6 rings (SSSR count). The van der Waals surface area contributed by atoms with Crippen LogP contribution in [-0.2, 0) is 11.3 Å².